The van der Waals surface area contributed by atoms with Crippen LogP contribution < -0.4 is 5.32 Å². The van der Waals surface area contributed by atoms with Crippen molar-refractivity contribution in [2.75, 3.05) is 5.32 Å². The Morgan fingerprint density at radius 2 is 1.67 bits per heavy atom. The number of aliphatic imine (C=N–C) groups is 1. The zero-order chi connectivity index (χ0) is 15.1. The summed E-state index contributed by atoms with van der Waals surface area (Å²) in [5, 5.41) is 2.73. The van der Waals surface area contributed by atoms with Crippen LogP contribution in [0.2, 0.25) is 0 Å². The average molecular weight is 278 g/mol. The molecule has 0 heterocycles. The molecule has 0 saturated heterocycles. The third-order valence-corrected chi connectivity index (χ3v) is 2.80. The van der Waals surface area contributed by atoms with Crippen LogP contribution in [0.4, 0.5) is 11.4 Å². The second kappa shape index (κ2) is 7.20. The molecule has 2 aromatic carbocycles. The molecule has 106 valence electrons. The van der Waals surface area contributed by atoms with Gasteiger partial charge in [-0.15, -0.1) is 0 Å². The first-order chi connectivity index (χ1) is 10.1. The molecule has 2 rings (SSSR count). The third kappa shape index (κ3) is 5.07. The number of rotatable bonds is 4. The molecule has 2 aromatic rings. The van der Waals surface area contributed by atoms with Gasteiger partial charge in [0.25, 0.3) is 0 Å². The third-order valence-electron chi connectivity index (χ3n) is 2.80. The van der Waals surface area contributed by atoms with Crippen molar-refractivity contribution in [2.24, 2.45) is 4.99 Å². The minimum absolute atomic E-state index is 0.0760. The first-order valence-electron chi connectivity index (χ1n) is 6.78. The summed E-state index contributed by atoms with van der Waals surface area (Å²) in [6.45, 7) is 3.51. The van der Waals surface area contributed by atoms with Crippen molar-refractivity contribution >= 4 is 29.6 Å². The molecule has 3 nitrogen and oxygen atoms in total. The van der Waals surface area contributed by atoms with E-state index < -0.39 is 0 Å². The Balaban J connectivity index is 2.03. The molecule has 0 atom stereocenters. The quantitative estimate of drug-likeness (QED) is 0.825. The fraction of sp³-hybridized carbons (Fsp3) is 0.111. The predicted molar refractivity (Wildman–Crippen MR) is 89.0 cm³/mol. The molecule has 0 unspecified atom stereocenters. The fourth-order valence-corrected chi connectivity index (χ4v) is 1.86. The van der Waals surface area contributed by atoms with Crippen LogP contribution in [0.5, 0.6) is 0 Å². The van der Waals surface area contributed by atoms with Crippen molar-refractivity contribution < 1.29 is 4.79 Å². The first-order valence-corrected chi connectivity index (χ1v) is 6.78. The van der Waals surface area contributed by atoms with Gasteiger partial charge in [0.2, 0.25) is 5.91 Å². The van der Waals surface area contributed by atoms with E-state index in [-0.39, 0.29) is 5.91 Å². The van der Waals surface area contributed by atoms with Crippen LogP contribution >= 0.6 is 0 Å². The van der Waals surface area contributed by atoms with Gasteiger partial charge in [-0.1, -0.05) is 36.4 Å². The topological polar surface area (TPSA) is 41.5 Å². The molecule has 0 saturated carbocycles. The van der Waals surface area contributed by atoms with Gasteiger partial charge in [0.15, 0.2) is 0 Å². The van der Waals surface area contributed by atoms with E-state index in [1.54, 1.807) is 0 Å². The highest BCUT2D eigenvalue weighted by atomic mass is 16.1. The van der Waals surface area contributed by atoms with E-state index in [9.17, 15) is 4.79 Å². The molecular formula is C18H18N2O. The van der Waals surface area contributed by atoms with Crippen molar-refractivity contribution in [1.82, 2.24) is 0 Å². The number of carbonyl (C=O) groups excluding carboxylic acids is 1. The number of benzene rings is 2. The highest BCUT2D eigenvalue weighted by Crippen LogP contribution is 2.16. The number of nitrogens with one attached hydrogen (secondary N) is 1. The summed E-state index contributed by atoms with van der Waals surface area (Å²) >= 11 is 0. The van der Waals surface area contributed by atoms with Gasteiger partial charge in [0, 0.05) is 18.8 Å². The van der Waals surface area contributed by atoms with Gasteiger partial charge < -0.3 is 5.32 Å². The maximum atomic E-state index is 10.9. The van der Waals surface area contributed by atoms with Gasteiger partial charge in [-0.2, -0.15) is 0 Å². The Kier molecular flexibility index (Phi) is 5.04. The second-order valence-corrected chi connectivity index (χ2v) is 4.79. The molecule has 1 amide bonds. The van der Waals surface area contributed by atoms with Gasteiger partial charge >= 0.3 is 0 Å². The van der Waals surface area contributed by atoms with Crippen LogP contribution in [0, 0.1) is 0 Å². The summed E-state index contributed by atoms with van der Waals surface area (Å²) in [6.07, 6.45) is 3.91. The van der Waals surface area contributed by atoms with Crippen molar-refractivity contribution in [1.29, 1.82) is 0 Å². The number of hydrogen-bond donors (Lipinski definition) is 1. The van der Waals surface area contributed by atoms with E-state index in [4.69, 9.17) is 0 Å². The molecular weight excluding hydrogens is 260 g/mol. The SMILES string of the molecule is CC(=O)Nc1ccc(N=C/C(C)=C\c2ccccc2)cc1. The van der Waals surface area contributed by atoms with Gasteiger partial charge in [0.1, 0.15) is 0 Å². The summed E-state index contributed by atoms with van der Waals surface area (Å²) in [5.74, 6) is -0.0760. The Hall–Kier alpha value is -2.68. The molecule has 0 bridgehead atoms. The second-order valence-electron chi connectivity index (χ2n) is 4.79. The largest absolute Gasteiger partial charge is 0.326 e. The van der Waals surface area contributed by atoms with Gasteiger partial charge in [-0.3, -0.25) is 9.79 Å². The van der Waals surface area contributed by atoms with Crippen LogP contribution in [0.25, 0.3) is 6.08 Å². The van der Waals surface area contributed by atoms with Crippen LogP contribution in [0.15, 0.2) is 65.2 Å². The molecule has 3 heteroatoms. The number of carbonyl (C=O) groups is 1. The standard InChI is InChI=1S/C18H18N2O/c1-14(12-16-6-4-3-5-7-16)13-19-17-8-10-18(11-9-17)20-15(2)21/h3-13H,1-2H3,(H,20,21)/b14-12-,19-13?. The molecule has 0 aromatic heterocycles. The Morgan fingerprint density at radius 3 is 2.29 bits per heavy atom. The molecule has 0 spiro atoms. The summed E-state index contributed by atoms with van der Waals surface area (Å²) < 4.78 is 0. The lowest BCUT2D eigenvalue weighted by Gasteiger charge is -2.01. The van der Waals surface area contributed by atoms with Crippen molar-refractivity contribution in [3.05, 3.63) is 65.7 Å². The summed E-state index contributed by atoms with van der Waals surface area (Å²) in [5.41, 5.74) is 3.86. The summed E-state index contributed by atoms with van der Waals surface area (Å²) in [6, 6.07) is 17.5. The minimum Gasteiger partial charge on any atom is -0.326 e. The Labute approximate surface area is 125 Å². The van der Waals surface area contributed by atoms with Crippen LogP contribution in [0.1, 0.15) is 19.4 Å². The number of amides is 1. The lowest BCUT2D eigenvalue weighted by Crippen LogP contribution is -2.04. The number of allylic oxidation sites excluding steroid dienone is 1. The lowest BCUT2D eigenvalue weighted by atomic mass is 10.1. The molecule has 0 aliphatic heterocycles. The van der Waals surface area contributed by atoms with Crippen LogP contribution in [-0.2, 0) is 4.79 Å². The molecule has 1 N–H and O–H groups in total. The Morgan fingerprint density at radius 1 is 1.00 bits per heavy atom. The maximum Gasteiger partial charge on any atom is 0.221 e. The number of nitrogens with zero attached hydrogens (tertiary/aromatic N) is 1. The summed E-state index contributed by atoms with van der Waals surface area (Å²) in [4.78, 5) is 15.4. The normalized spacial score (nSPS) is 11.6. The zero-order valence-electron chi connectivity index (χ0n) is 12.2. The van der Waals surface area contributed by atoms with E-state index >= 15 is 0 Å². The Bertz CT molecular complexity index is 655. The van der Waals surface area contributed by atoms with Crippen molar-refractivity contribution in [3.8, 4) is 0 Å². The highest BCUT2D eigenvalue weighted by molar-refractivity contribution is 5.89. The van der Waals surface area contributed by atoms with Gasteiger partial charge in [-0.25, -0.2) is 0 Å². The van der Waals surface area contributed by atoms with E-state index in [2.05, 4.69) is 28.5 Å². The fourth-order valence-electron chi connectivity index (χ4n) is 1.86. The molecule has 0 aliphatic rings. The van der Waals surface area contributed by atoms with E-state index in [1.165, 1.54) is 6.92 Å². The maximum absolute atomic E-state index is 10.9. The zero-order valence-corrected chi connectivity index (χ0v) is 12.2. The van der Waals surface area contributed by atoms with Crippen LogP contribution in [-0.4, -0.2) is 12.1 Å². The average Bonchev–Trinajstić information content (AvgIpc) is 2.47. The highest BCUT2D eigenvalue weighted by Gasteiger charge is 1.95. The number of hydrogen-bond acceptors (Lipinski definition) is 2. The number of anilines is 1. The van der Waals surface area contributed by atoms with Gasteiger partial charge in [-0.05, 0) is 42.3 Å². The molecule has 21 heavy (non-hydrogen) atoms. The van der Waals surface area contributed by atoms with Crippen molar-refractivity contribution in [3.63, 3.8) is 0 Å². The molecule has 0 aliphatic carbocycles. The first kappa shape index (κ1) is 14.7. The van der Waals surface area contributed by atoms with Crippen molar-refractivity contribution in [2.45, 2.75) is 13.8 Å². The van der Waals surface area contributed by atoms with E-state index in [0.717, 1.165) is 22.5 Å². The van der Waals surface area contributed by atoms with Crippen LogP contribution in [0.3, 0.4) is 0 Å². The van der Waals surface area contributed by atoms with E-state index in [0.29, 0.717) is 0 Å². The monoisotopic (exact) mass is 278 g/mol. The van der Waals surface area contributed by atoms with Gasteiger partial charge in [0.05, 0.1) is 5.69 Å². The predicted octanol–water partition coefficient (Wildman–Crippen LogP) is 4.45. The van der Waals surface area contributed by atoms with E-state index in [1.807, 2.05) is 55.6 Å². The summed E-state index contributed by atoms with van der Waals surface area (Å²) in [7, 11) is 0. The molecule has 0 radical (unpaired) electrons. The smallest absolute Gasteiger partial charge is 0.221 e. The minimum atomic E-state index is -0.0760. The lowest BCUT2D eigenvalue weighted by molar-refractivity contribution is -0.114. The molecule has 0 fully saturated rings.